The van der Waals surface area contributed by atoms with Crippen LogP contribution >= 0.6 is 0 Å². The molecule has 1 aliphatic carbocycles. The van der Waals surface area contributed by atoms with Gasteiger partial charge < -0.3 is 9.73 Å². The zero-order valence-electron chi connectivity index (χ0n) is 10.1. The molecule has 0 amide bonds. The van der Waals surface area contributed by atoms with Crippen molar-refractivity contribution in [3.05, 3.63) is 23.7 Å². The van der Waals surface area contributed by atoms with Gasteiger partial charge in [0.05, 0.1) is 6.26 Å². The molecule has 1 unspecified atom stereocenters. The molecule has 88 valence electrons. The average molecular weight is 219 g/mol. The fourth-order valence-electron chi connectivity index (χ4n) is 3.52. The SMILES string of the molecule is CC1(C2NCCc3occc32)CCCCC1. The molecular weight excluding hydrogens is 198 g/mol. The molecule has 3 rings (SSSR count). The van der Waals surface area contributed by atoms with E-state index in [4.69, 9.17) is 4.42 Å². The molecule has 1 aromatic heterocycles. The smallest absolute Gasteiger partial charge is 0.109 e. The van der Waals surface area contributed by atoms with E-state index in [0.717, 1.165) is 13.0 Å². The first kappa shape index (κ1) is 10.4. The van der Waals surface area contributed by atoms with Gasteiger partial charge in [-0.2, -0.15) is 0 Å². The van der Waals surface area contributed by atoms with Crippen molar-refractivity contribution >= 4 is 0 Å². The van der Waals surface area contributed by atoms with Crippen molar-refractivity contribution in [3.8, 4) is 0 Å². The molecule has 1 aromatic rings. The van der Waals surface area contributed by atoms with Gasteiger partial charge in [-0.05, 0) is 24.3 Å². The highest BCUT2D eigenvalue weighted by molar-refractivity contribution is 5.26. The second-order valence-electron chi connectivity index (χ2n) is 5.65. The van der Waals surface area contributed by atoms with E-state index in [9.17, 15) is 0 Å². The maximum absolute atomic E-state index is 5.58. The molecule has 1 aliphatic heterocycles. The zero-order valence-corrected chi connectivity index (χ0v) is 10.1. The van der Waals surface area contributed by atoms with Gasteiger partial charge in [-0.1, -0.05) is 26.2 Å². The van der Waals surface area contributed by atoms with Crippen LogP contribution in [0.2, 0.25) is 0 Å². The lowest BCUT2D eigenvalue weighted by Gasteiger charge is -2.42. The van der Waals surface area contributed by atoms with Gasteiger partial charge in [-0.15, -0.1) is 0 Å². The van der Waals surface area contributed by atoms with E-state index in [1.165, 1.54) is 43.4 Å². The summed E-state index contributed by atoms with van der Waals surface area (Å²) in [5.74, 6) is 1.22. The van der Waals surface area contributed by atoms with Crippen LogP contribution in [0.5, 0.6) is 0 Å². The predicted molar refractivity (Wildman–Crippen MR) is 64.3 cm³/mol. The van der Waals surface area contributed by atoms with Crippen molar-refractivity contribution < 1.29 is 4.42 Å². The standard InChI is InChI=1S/C14H21NO/c1-14(7-3-2-4-8-14)13-11-6-10-16-12(11)5-9-15-13/h6,10,13,15H,2-5,7-9H2,1H3. The molecule has 1 atom stereocenters. The molecule has 2 nitrogen and oxygen atoms in total. The molecule has 0 radical (unpaired) electrons. The maximum Gasteiger partial charge on any atom is 0.109 e. The van der Waals surface area contributed by atoms with Crippen LogP contribution in [0.1, 0.15) is 56.4 Å². The Morgan fingerprint density at radius 1 is 1.31 bits per heavy atom. The zero-order chi connectivity index (χ0) is 11.0. The minimum absolute atomic E-state index is 0.442. The fraction of sp³-hybridized carbons (Fsp3) is 0.714. The highest BCUT2D eigenvalue weighted by Gasteiger charge is 2.39. The molecule has 1 fully saturated rings. The van der Waals surface area contributed by atoms with Gasteiger partial charge in [0.15, 0.2) is 0 Å². The summed E-state index contributed by atoms with van der Waals surface area (Å²) in [4.78, 5) is 0. The van der Waals surface area contributed by atoms with Crippen molar-refractivity contribution in [1.82, 2.24) is 5.32 Å². The molecule has 2 heterocycles. The molecule has 0 saturated heterocycles. The minimum Gasteiger partial charge on any atom is -0.469 e. The van der Waals surface area contributed by atoms with E-state index in [1.54, 1.807) is 0 Å². The quantitative estimate of drug-likeness (QED) is 0.782. The van der Waals surface area contributed by atoms with Crippen LogP contribution in [0.25, 0.3) is 0 Å². The van der Waals surface area contributed by atoms with E-state index >= 15 is 0 Å². The van der Waals surface area contributed by atoms with Crippen LogP contribution in [0.4, 0.5) is 0 Å². The molecule has 16 heavy (non-hydrogen) atoms. The second-order valence-corrected chi connectivity index (χ2v) is 5.65. The largest absolute Gasteiger partial charge is 0.469 e. The van der Waals surface area contributed by atoms with Crippen LogP contribution in [0, 0.1) is 5.41 Å². The van der Waals surface area contributed by atoms with Crippen LogP contribution in [-0.2, 0) is 6.42 Å². The van der Waals surface area contributed by atoms with E-state index in [-0.39, 0.29) is 0 Å². The summed E-state index contributed by atoms with van der Waals surface area (Å²) in [6.45, 7) is 3.52. The topological polar surface area (TPSA) is 25.2 Å². The molecule has 0 aromatic carbocycles. The Morgan fingerprint density at radius 2 is 2.12 bits per heavy atom. The lowest BCUT2D eigenvalue weighted by atomic mass is 9.68. The Balaban J connectivity index is 1.90. The Hall–Kier alpha value is -0.760. The first-order valence-electron chi connectivity index (χ1n) is 6.59. The summed E-state index contributed by atoms with van der Waals surface area (Å²) < 4.78 is 5.58. The maximum atomic E-state index is 5.58. The summed E-state index contributed by atoms with van der Waals surface area (Å²) in [5.41, 5.74) is 1.87. The van der Waals surface area contributed by atoms with Crippen molar-refractivity contribution in [2.45, 2.75) is 51.5 Å². The lowest BCUT2D eigenvalue weighted by Crippen LogP contribution is -2.41. The Bertz CT molecular complexity index is 363. The highest BCUT2D eigenvalue weighted by Crippen LogP contribution is 2.47. The molecular formula is C14H21NO. The number of hydrogen-bond acceptors (Lipinski definition) is 2. The Morgan fingerprint density at radius 3 is 2.94 bits per heavy atom. The lowest BCUT2D eigenvalue weighted by molar-refractivity contribution is 0.138. The van der Waals surface area contributed by atoms with Crippen LogP contribution in [0.15, 0.2) is 16.7 Å². The molecule has 1 N–H and O–H groups in total. The first-order chi connectivity index (χ1) is 7.80. The number of fused-ring (bicyclic) bond motifs is 1. The second kappa shape index (κ2) is 3.92. The summed E-state index contributed by atoms with van der Waals surface area (Å²) in [7, 11) is 0. The Kier molecular flexibility index (Phi) is 2.55. The van der Waals surface area contributed by atoms with Crippen molar-refractivity contribution in [1.29, 1.82) is 0 Å². The van der Waals surface area contributed by atoms with Crippen LogP contribution < -0.4 is 5.32 Å². The van der Waals surface area contributed by atoms with Gasteiger partial charge in [0, 0.05) is 24.6 Å². The minimum atomic E-state index is 0.442. The highest BCUT2D eigenvalue weighted by atomic mass is 16.3. The van der Waals surface area contributed by atoms with E-state index in [2.05, 4.69) is 18.3 Å². The van der Waals surface area contributed by atoms with Gasteiger partial charge in [0.1, 0.15) is 5.76 Å². The van der Waals surface area contributed by atoms with Crippen LogP contribution in [0.3, 0.4) is 0 Å². The number of furan rings is 1. The van der Waals surface area contributed by atoms with E-state index in [1.807, 2.05) is 6.26 Å². The third kappa shape index (κ3) is 1.60. The molecule has 0 spiro atoms. The molecule has 2 heteroatoms. The average Bonchev–Trinajstić information content (AvgIpc) is 2.77. The summed E-state index contributed by atoms with van der Waals surface area (Å²) in [5, 5.41) is 3.71. The third-order valence-electron chi connectivity index (χ3n) is 4.48. The predicted octanol–water partition coefficient (Wildman–Crippen LogP) is 3.44. The normalized spacial score (nSPS) is 28.7. The van der Waals surface area contributed by atoms with Gasteiger partial charge in [0.2, 0.25) is 0 Å². The van der Waals surface area contributed by atoms with Gasteiger partial charge in [-0.25, -0.2) is 0 Å². The van der Waals surface area contributed by atoms with Crippen molar-refractivity contribution in [2.24, 2.45) is 5.41 Å². The number of hydrogen-bond donors (Lipinski definition) is 1. The van der Waals surface area contributed by atoms with E-state index < -0.39 is 0 Å². The van der Waals surface area contributed by atoms with Crippen LogP contribution in [-0.4, -0.2) is 6.54 Å². The molecule has 0 bridgehead atoms. The van der Waals surface area contributed by atoms with E-state index in [0.29, 0.717) is 11.5 Å². The number of rotatable bonds is 1. The van der Waals surface area contributed by atoms with Crippen molar-refractivity contribution in [2.75, 3.05) is 6.54 Å². The monoisotopic (exact) mass is 219 g/mol. The summed E-state index contributed by atoms with van der Waals surface area (Å²) in [6.07, 6.45) is 9.82. The summed E-state index contributed by atoms with van der Waals surface area (Å²) in [6, 6.07) is 2.70. The molecule has 1 saturated carbocycles. The number of nitrogens with one attached hydrogen (secondary N) is 1. The van der Waals surface area contributed by atoms with Gasteiger partial charge in [-0.3, -0.25) is 0 Å². The third-order valence-corrected chi connectivity index (χ3v) is 4.48. The summed E-state index contributed by atoms with van der Waals surface area (Å²) >= 11 is 0. The first-order valence-corrected chi connectivity index (χ1v) is 6.59. The molecule has 2 aliphatic rings. The Labute approximate surface area is 97.4 Å². The fourth-order valence-corrected chi connectivity index (χ4v) is 3.52. The van der Waals surface area contributed by atoms with Crippen molar-refractivity contribution in [3.63, 3.8) is 0 Å². The van der Waals surface area contributed by atoms with Gasteiger partial charge >= 0.3 is 0 Å². The van der Waals surface area contributed by atoms with Gasteiger partial charge in [0.25, 0.3) is 0 Å².